The van der Waals surface area contributed by atoms with Gasteiger partial charge in [0.25, 0.3) is 0 Å². The summed E-state index contributed by atoms with van der Waals surface area (Å²) in [5.41, 5.74) is 2.92. The van der Waals surface area contributed by atoms with Crippen molar-refractivity contribution >= 4 is 17.2 Å². The molecule has 0 fully saturated rings. The third kappa shape index (κ3) is 4.02. The van der Waals surface area contributed by atoms with Gasteiger partial charge in [0.15, 0.2) is 0 Å². The Kier molecular flexibility index (Phi) is 4.78. The molecule has 2 heterocycles. The lowest BCUT2D eigenvalue weighted by atomic mass is 10.2. The van der Waals surface area contributed by atoms with Gasteiger partial charge >= 0.3 is 0 Å². The van der Waals surface area contributed by atoms with E-state index in [-0.39, 0.29) is 5.91 Å². The molecule has 0 atom stereocenters. The highest BCUT2D eigenvalue weighted by Gasteiger charge is 2.13. The maximum atomic E-state index is 12.3. The number of likely N-dealkylation sites (N-methyl/N-ethyl adjacent to an activating group) is 1. The quantitative estimate of drug-likeness (QED) is 0.723. The Labute approximate surface area is 139 Å². The molecular weight excluding hydrogens is 306 g/mol. The van der Waals surface area contributed by atoms with Gasteiger partial charge in [0.2, 0.25) is 5.91 Å². The second-order valence-electron chi connectivity index (χ2n) is 5.30. The van der Waals surface area contributed by atoms with Crippen molar-refractivity contribution in [3.05, 3.63) is 71.5 Å². The molecule has 23 heavy (non-hydrogen) atoms. The minimum absolute atomic E-state index is 0.0544. The summed E-state index contributed by atoms with van der Waals surface area (Å²) in [5, 5.41) is 2.90. The predicted molar refractivity (Wildman–Crippen MR) is 92.0 cm³/mol. The Bertz CT molecular complexity index is 771. The van der Waals surface area contributed by atoms with Crippen LogP contribution in [0.2, 0.25) is 0 Å². The zero-order valence-corrected chi connectivity index (χ0v) is 13.7. The number of hydrogen-bond donors (Lipinski definition) is 0. The molecule has 116 valence electrons. The zero-order valence-electron chi connectivity index (χ0n) is 12.8. The fourth-order valence-corrected chi connectivity index (χ4v) is 3.07. The van der Waals surface area contributed by atoms with Crippen LogP contribution in [0.3, 0.4) is 0 Å². The number of aromatic nitrogens is 2. The molecule has 0 spiro atoms. The maximum Gasteiger partial charge on any atom is 0.228 e. The number of thiazole rings is 1. The lowest BCUT2D eigenvalue weighted by molar-refractivity contribution is -0.129. The van der Waals surface area contributed by atoms with Crippen LogP contribution in [0.25, 0.3) is 10.6 Å². The van der Waals surface area contributed by atoms with Gasteiger partial charge in [0.05, 0.1) is 12.1 Å². The summed E-state index contributed by atoms with van der Waals surface area (Å²) in [4.78, 5) is 22.7. The van der Waals surface area contributed by atoms with Crippen molar-refractivity contribution in [2.75, 3.05) is 7.05 Å². The summed E-state index contributed by atoms with van der Waals surface area (Å²) in [5.74, 6) is 0.0544. The van der Waals surface area contributed by atoms with E-state index in [1.807, 2.05) is 47.8 Å². The molecule has 5 heteroatoms. The zero-order chi connectivity index (χ0) is 16.1. The average molecular weight is 323 g/mol. The number of rotatable bonds is 5. The summed E-state index contributed by atoms with van der Waals surface area (Å²) < 4.78 is 0. The van der Waals surface area contributed by atoms with Gasteiger partial charge in [-0.2, -0.15) is 0 Å². The lowest BCUT2D eigenvalue weighted by Crippen LogP contribution is -2.27. The van der Waals surface area contributed by atoms with Gasteiger partial charge in [0, 0.05) is 36.9 Å². The maximum absolute atomic E-state index is 12.3. The first kappa shape index (κ1) is 15.4. The van der Waals surface area contributed by atoms with Gasteiger partial charge in [-0.1, -0.05) is 36.4 Å². The summed E-state index contributed by atoms with van der Waals surface area (Å²) in [6.45, 7) is 0.558. The molecule has 2 aromatic heterocycles. The summed E-state index contributed by atoms with van der Waals surface area (Å²) in [6.07, 6.45) is 3.83. The molecule has 0 saturated carbocycles. The lowest BCUT2D eigenvalue weighted by Gasteiger charge is -2.16. The third-order valence-corrected chi connectivity index (χ3v) is 4.41. The van der Waals surface area contributed by atoms with Crippen LogP contribution in [-0.4, -0.2) is 27.8 Å². The second kappa shape index (κ2) is 7.15. The van der Waals surface area contributed by atoms with Crippen molar-refractivity contribution in [3.63, 3.8) is 0 Å². The number of benzene rings is 1. The molecule has 0 saturated heterocycles. The van der Waals surface area contributed by atoms with E-state index in [9.17, 15) is 4.79 Å². The van der Waals surface area contributed by atoms with Gasteiger partial charge in [-0.25, -0.2) is 4.98 Å². The highest BCUT2D eigenvalue weighted by atomic mass is 32.1. The van der Waals surface area contributed by atoms with Crippen LogP contribution < -0.4 is 0 Å². The van der Waals surface area contributed by atoms with Gasteiger partial charge < -0.3 is 4.90 Å². The topological polar surface area (TPSA) is 46.1 Å². The van der Waals surface area contributed by atoms with Crippen molar-refractivity contribution in [1.82, 2.24) is 14.9 Å². The highest BCUT2D eigenvalue weighted by Crippen LogP contribution is 2.23. The average Bonchev–Trinajstić information content (AvgIpc) is 3.05. The van der Waals surface area contributed by atoms with E-state index >= 15 is 0 Å². The smallest absolute Gasteiger partial charge is 0.228 e. The van der Waals surface area contributed by atoms with Gasteiger partial charge in [-0.15, -0.1) is 11.3 Å². The minimum atomic E-state index is 0.0544. The van der Waals surface area contributed by atoms with Crippen molar-refractivity contribution in [3.8, 4) is 10.6 Å². The molecular formula is C18H17N3OS. The molecule has 0 unspecified atom stereocenters. The normalized spacial score (nSPS) is 10.5. The number of amides is 1. The molecule has 0 N–H and O–H groups in total. The molecule has 0 aliphatic rings. The van der Waals surface area contributed by atoms with Crippen LogP contribution in [-0.2, 0) is 17.8 Å². The van der Waals surface area contributed by atoms with Gasteiger partial charge in [-0.3, -0.25) is 9.78 Å². The van der Waals surface area contributed by atoms with Crippen LogP contribution in [0.1, 0.15) is 11.3 Å². The number of hydrogen-bond acceptors (Lipinski definition) is 4. The van der Waals surface area contributed by atoms with E-state index in [4.69, 9.17) is 0 Å². The van der Waals surface area contributed by atoms with Crippen LogP contribution in [0, 0.1) is 0 Å². The van der Waals surface area contributed by atoms with Crippen LogP contribution in [0.5, 0.6) is 0 Å². The van der Waals surface area contributed by atoms with Crippen molar-refractivity contribution in [2.24, 2.45) is 0 Å². The minimum Gasteiger partial charge on any atom is -0.341 e. The van der Waals surface area contributed by atoms with Crippen molar-refractivity contribution < 1.29 is 4.79 Å². The van der Waals surface area contributed by atoms with E-state index in [1.54, 1.807) is 35.7 Å². The Balaban J connectivity index is 1.63. The van der Waals surface area contributed by atoms with E-state index in [2.05, 4.69) is 9.97 Å². The van der Waals surface area contributed by atoms with E-state index < -0.39 is 0 Å². The highest BCUT2D eigenvalue weighted by molar-refractivity contribution is 7.13. The van der Waals surface area contributed by atoms with Crippen LogP contribution in [0.15, 0.2) is 60.2 Å². The first-order valence-electron chi connectivity index (χ1n) is 7.35. The third-order valence-electron chi connectivity index (χ3n) is 3.47. The first-order chi connectivity index (χ1) is 11.2. The molecule has 1 amide bonds. The monoisotopic (exact) mass is 323 g/mol. The van der Waals surface area contributed by atoms with Gasteiger partial charge in [-0.05, 0) is 11.6 Å². The SMILES string of the molecule is CN(Cc1cccnc1)C(=O)Cc1csc(-c2ccccc2)n1. The Hall–Kier alpha value is -2.53. The molecule has 0 radical (unpaired) electrons. The van der Waals surface area contributed by atoms with E-state index in [0.717, 1.165) is 21.8 Å². The number of pyridine rings is 1. The largest absolute Gasteiger partial charge is 0.341 e. The van der Waals surface area contributed by atoms with E-state index in [0.29, 0.717) is 13.0 Å². The molecule has 0 aliphatic carbocycles. The molecule has 1 aromatic carbocycles. The molecule has 0 bridgehead atoms. The summed E-state index contributed by atoms with van der Waals surface area (Å²) >= 11 is 1.57. The fraction of sp³-hybridized carbons (Fsp3) is 0.167. The van der Waals surface area contributed by atoms with Crippen LogP contribution in [0.4, 0.5) is 0 Å². The fourth-order valence-electron chi connectivity index (χ4n) is 2.25. The molecule has 0 aliphatic heterocycles. The predicted octanol–water partition coefficient (Wildman–Crippen LogP) is 3.41. The Morgan fingerprint density at radius 2 is 2.00 bits per heavy atom. The molecule has 4 nitrogen and oxygen atoms in total. The molecule has 3 aromatic rings. The first-order valence-corrected chi connectivity index (χ1v) is 8.23. The summed E-state index contributed by atoms with van der Waals surface area (Å²) in [7, 11) is 1.81. The number of carbonyl (C=O) groups is 1. The Morgan fingerprint density at radius 1 is 1.17 bits per heavy atom. The summed E-state index contributed by atoms with van der Waals surface area (Å²) in [6, 6.07) is 13.9. The molecule has 3 rings (SSSR count). The van der Waals surface area contributed by atoms with Crippen molar-refractivity contribution in [1.29, 1.82) is 0 Å². The van der Waals surface area contributed by atoms with E-state index in [1.165, 1.54) is 0 Å². The van der Waals surface area contributed by atoms with Gasteiger partial charge in [0.1, 0.15) is 5.01 Å². The standard InChI is InChI=1S/C18H17N3OS/c1-21(12-14-6-5-9-19-11-14)17(22)10-16-13-23-18(20-16)15-7-3-2-4-8-15/h2-9,11,13H,10,12H2,1H3. The number of nitrogens with zero attached hydrogens (tertiary/aromatic N) is 3. The van der Waals surface area contributed by atoms with Crippen molar-refractivity contribution in [2.45, 2.75) is 13.0 Å². The number of carbonyl (C=O) groups excluding carboxylic acids is 1. The van der Waals surface area contributed by atoms with Crippen LogP contribution >= 0.6 is 11.3 Å². The second-order valence-corrected chi connectivity index (χ2v) is 6.16. The Morgan fingerprint density at radius 3 is 2.74 bits per heavy atom.